The zero-order valence-electron chi connectivity index (χ0n) is 11.2. The summed E-state index contributed by atoms with van der Waals surface area (Å²) >= 11 is 0. The van der Waals surface area contributed by atoms with Crippen molar-refractivity contribution in [3.63, 3.8) is 0 Å². The first-order chi connectivity index (χ1) is 9.05. The molecule has 0 heterocycles. The Hall–Kier alpha value is -1.21. The maximum Gasteiger partial charge on any atom is 0.264 e. The number of halogens is 3. The summed E-state index contributed by atoms with van der Waals surface area (Å²) < 4.78 is 50.0. The molecule has 0 fully saturated rings. The molecule has 1 rings (SSSR count). The second-order valence-corrected chi connectivity index (χ2v) is 7.29. The molecule has 4 nitrogen and oxygen atoms in total. The van der Waals surface area contributed by atoms with Crippen LogP contribution in [-0.4, -0.2) is 32.8 Å². The second-order valence-electron chi connectivity index (χ2n) is 4.75. The van der Waals surface area contributed by atoms with E-state index < -0.39 is 37.1 Å². The van der Waals surface area contributed by atoms with Crippen LogP contribution in [0.5, 0.6) is 0 Å². The summed E-state index contributed by atoms with van der Waals surface area (Å²) in [5.41, 5.74) is -0.921. The smallest absolute Gasteiger partial charge is 0.264 e. The molecule has 8 heteroatoms. The summed E-state index contributed by atoms with van der Waals surface area (Å²) in [5, 5.41) is 0. The molecule has 0 atom stereocenters. The lowest BCUT2D eigenvalue weighted by atomic mass is 10.1. The molecule has 0 aliphatic carbocycles. The standard InChI is InChI=1S/C12H14ClF2NO3S/c1-7(2)6-16(3)12(17)10-8(14)4-5-9(11(10)15)20(13,18)19/h4-5,7H,6H2,1-3H3. The predicted octanol–water partition coefficient (Wildman–Crippen LogP) is 2.62. The summed E-state index contributed by atoms with van der Waals surface area (Å²) in [5.74, 6) is -3.45. The van der Waals surface area contributed by atoms with Crippen LogP contribution in [0.2, 0.25) is 0 Å². The predicted molar refractivity (Wildman–Crippen MR) is 71.2 cm³/mol. The molecule has 0 radical (unpaired) electrons. The van der Waals surface area contributed by atoms with Gasteiger partial charge in [0.2, 0.25) is 0 Å². The van der Waals surface area contributed by atoms with Gasteiger partial charge in [-0.05, 0) is 18.1 Å². The maximum atomic E-state index is 14.0. The number of rotatable bonds is 4. The Kier molecular flexibility index (Phi) is 5.10. The second kappa shape index (κ2) is 6.05. The van der Waals surface area contributed by atoms with E-state index in [-0.39, 0.29) is 12.5 Å². The van der Waals surface area contributed by atoms with Gasteiger partial charge in [0, 0.05) is 24.3 Å². The first-order valence-corrected chi connectivity index (χ1v) is 8.04. The van der Waals surface area contributed by atoms with Gasteiger partial charge in [-0.25, -0.2) is 17.2 Å². The van der Waals surface area contributed by atoms with Crippen molar-refractivity contribution >= 4 is 25.6 Å². The minimum absolute atomic E-state index is 0.0926. The third-order valence-electron chi connectivity index (χ3n) is 2.52. The highest BCUT2D eigenvalue weighted by molar-refractivity contribution is 8.13. The molecule has 0 unspecified atom stereocenters. The molecule has 112 valence electrons. The van der Waals surface area contributed by atoms with Gasteiger partial charge >= 0.3 is 0 Å². The van der Waals surface area contributed by atoms with Gasteiger partial charge in [0.05, 0.1) is 0 Å². The molecular formula is C12H14ClF2NO3S. The number of carbonyl (C=O) groups is 1. The van der Waals surface area contributed by atoms with Crippen LogP contribution in [0.4, 0.5) is 8.78 Å². The molecule has 0 bridgehead atoms. The molecule has 1 aromatic carbocycles. The Morgan fingerprint density at radius 1 is 1.35 bits per heavy atom. The van der Waals surface area contributed by atoms with Gasteiger partial charge in [-0.15, -0.1) is 0 Å². The molecule has 0 spiro atoms. The third-order valence-corrected chi connectivity index (χ3v) is 3.86. The summed E-state index contributed by atoms with van der Waals surface area (Å²) in [6, 6.07) is 1.39. The van der Waals surface area contributed by atoms with Crippen molar-refractivity contribution in [3.05, 3.63) is 29.3 Å². The number of amides is 1. The van der Waals surface area contributed by atoms with Crippen LogP contribution in [0.3, 0.4) is 0 Å². The fourth-order valence-electron chi connectivity index (χ4n) is 1.74. The van der Waals surface area contributed by atoms with Crippen molar-refractivity contribution in [2.24, 2.45) is 5.92 Å². The van der Waals surface area contributed by atoms with Crippen molar-refractivity contribution in [2.75, 3.05) is 13.6 Å². The van der Waals surface area contributed by atoms with Gasteiger partial charge in [-0.3, -0.25) is 4.79 Å². The van der Waals surface area contributed by atoms with Crippen molar-refractivity contribution in [1.29, 1.82) is 0 Å². The van der Waals surface area contributed by atoms with Gasteiger partial charge in [0.15, 0.2) is 5.82 Å². The molecule has 1 amide bonds. The van der Waals surface area contributed by atoms with Crippen LogP contribution in [0.15, 0.2) is 17.0 Å². The van der Waals surface area contributed by atoms with Gasteiger partial charge in [0.25, 0.3) is 15.0 Å². The molecular weight excluding hydrogens is 312 g/mol. The van der Waals surface area contributed by atoms with E-state index in [9.17, 15) is 22.0 Å². The summed E-state index contributed by atoms with van der Waals surface area (Å²) in [7, 11) is 2.02. The van der Waals surface area contributed by atoms with Crippen molar-refractivity contribution in [2.45, 2.75) is 18.7 Å². The van der Waals surface area contributed by atoms with Crippen molar-refractivity contribution < 1.29 is 22.0 Å². The molecule has 1 aromatic rings. The first-order valence-electron chi connectivity index (χ1n) is 5.73. The highest BCUT2D eigenvalue weighted by Gasteiger charge is 2.27. The molecule has 0 aromatic heterocycles. The van der Waals surface area contributed by atoms with Crippen molar-refractivity contribution in [1.82, 2.24) is 4.90 Å². The number of hydrogen-bond donors (Lipinski definition) is 0. The highest BCUT2D eigenvalue weighted by atomic mass is 35.7. The van der Waals surface area contributed by atoms with E-state index in [2.05, 4.69) is 0 Å². The molecule has 0 N–H and O–H groups in total. The van der Waals surface area contributed by atoms with E-state index in [0.29, 0.717) is 12.1 Å². The zero-order valence-corrected chi connectivity index (χ0v) is 12.7. The van der Waals surface area contributed by atoms with Gasteiger partial charge in [-0.2, -0.15) is 0 Å². The largest absolute Gasteiger partial charge is 0.341 e. The average Bonchev–Trinajstić information content (AvgIpc) is 2.25. The highest BCUT2D eigenvalue weighted by Crippen LogP contribution is 2.24. The Morgan fingerprint density at radius 3 is 2.35 bits per heavy atom. The average molecular weight is 326 g/mol. The number of hydrogen-bond acceptors (Lipinski definition) is 3. The fraction of sp³-hybridized carbons (Fsp3) is 0.417. The Labute approximate surface area is 120 Å². The van der Waals surface area contributed by atoms with E-state index in [0.717, 1.165) is 4.90 Å². The van der Waals surface area contributed by atoms with E-state index >= 15 is 0 Å². The third kappa shape index (κ3) is 3.67. The van der Waals surface area contributed by atoms with E-state index in [1.807, 2.05) is 13.8 Å². The lowest BCUT2D eigenvalue weighted by Gasteiger charge is -2.20. The summed E-state index contributed by atoms with van der Waals surface area (Å²) in [4.78, 5) is 12.2. The normalized spacial score (nSPS) is 11.8. The lowest BCUT2D eigenvalue weighted by molar-refractivity contribution is 0.0768. The zero-order chi connectivity index (χ0) is 15.7. The summed E-state index contributed by atoms with van der Waals surface area (Å²) in [6.45, 7) is 3.93. The minimum atomic E-state index is -4.40. The number of carbonyl (C=O) groups excluding carboxylic acids is 1. The Morgan fingerprint density at radius 2 is 1.90 bits per heavy atom. The topological polar surface area (TPSA) is 54.5 Å². The Bertz CT molecular complexity index is 632. The van der Waals surface area contributed by atoms with E-state index in [4.69, 9.17) is 10.7 Å². The first kappa shape index (κ1) is 16.8. The molecule has 0 aliphatic heterocycles. The van der Waals surface area contributed by atoms with Gasteiger partial charge in [-0.1, -0.05) is 13.8 Å². The van der Waals surface area contributed by atoms with E-state index in [1.165, 1.54) is 7.05 Å². The van der Waals surface area contributed by atoms with E-state index in [1.54, 1.807) is 0 Å². The SMILES string of the molecule is CC(C)CN(C)C(=O)c1c(F)ccc(S(=O)(=O)Cl)c1F. The van der Waals surface area contributed by atoms with Gasteiger partial charge < -0.3 is 4.90 Å². The van der Waals surface area contributed by atoms with Crippen molar-refractivity contribution in [3.8, 4) is 0 Å². The fourth-order valence-corrected chi connectivity index (χ4v) is 2.64. The number of benzene rings is 1. The monoisotopic (exact) mass is 325 g/mol. The number of nitrogens with zero attached hydrogens (tertiary/aromatic N) is 1. The van der Waals surface area contributed by atoms with Crippen LogP contribution in [-0.2, 0) is 9.05 Å². The molecule has 0 saturated carbocycles. The maximum absolute atomic E-state index is 14.0. The van der Waals surface area contributed by atoms with Crippen LogP contribution in [0.1, 0.15) is 24.2 Å². The quantitative estimate of drug-likeness (QED) is 0.800. The van der Waals surface area contributed by atoms with Crippen LogP contribution in [0, 0.1) is 17.6 Å². The molecule has 0 saturated heterocycles. The molecule has 0 aliphatic rings. The lowest BCUT2D eigenvalue weighted by Crippen LogP contribution is -2.32. The molecule has 20 heavy (non-hydrogen) atoms. The van der Waals surface area contributed by atoms with Crippen LogP contribution in [0.25, 0.3) is 0 Å². The summed E-state index contributed by atoms with van der Waals surface area (Å²) in [6.07, 6.45) is 0. The van der Waals surface area contributed by atoms with Crippen LogP contribution < -0.4 is 0 Å². The van der Waals surface area contributed by atoms with Crippen LogP contribution >= 0.6 is 10.7 Å². The Balaban J connectivity index is 3.35. The van der Waals surface area contributed by atoms with Gasteiger partial charge in [0.1, 0.15) is 16.3 Å². The minimum Gasteiger partial charge on any atom is -0.341 e.